The highest BCUT2D eigenvalue weighted by Crippen LogP contribution is 2.43. The number of hydrogen-bond acceptors (Lipinski definition) is 3. The Kier molecular flexibility index (Phi) is 6.49. The third-order valence-corrected chi connectivity index (χ3v) is 9.81. The van der Waals surface area contributed by atoms with E-state index in [1.54, 1.807) is 0 Å². The molecule has 0 radical (unpaired) electrons. The van der Waals surface area contributed by atoms with Gasteiger partial charge in [-0.1, -0.05) is 146 Å². The molecule has 0 saturated carbocycles. The smallest absolute Gasteiger partial charge is 0.160 e. The van der Waals surface area contributed by atoms with Crippen LogP contribution in [0.15, 0.2) is 176 Å². The first-order valence-electron chi connectivity index (χ1n) is 16.9. The minimum Gasteiger partial charge on any atom is -0.247 e. The van der Waals surface area contributed by atoms with E-state index in [2.05, 4.69) is 152 Å². The van der Waals surface area contributed by atoms with Crippen LogP contribution in [0.25, 0.3) is 99.2 Å². The highest BCUT2D eigenvalue weighted by atomic mass is 14.9. The summed E-state index contributed by atoms with van der Waals surface area (Å²) in [7, 11) is 0. The number of aromatic nitrogens is 3. The van der Waals surface area contributed by atoms with Crippen molar-refractivity contribution in [2.24, 2.45) is 0 Å². The summed E-state index contributed by atoms with van der Waals surface area (Å²) < 4.78 is 0. The largest absolute Gasteiger partial charge is 0.247 e. The van der Waals surface area contributed by atoms with E-state index in [4.69, 9.17) is 15.0 Å². The van der Waals surface area contributed by atoms with E-state index in [0.29, 0.717) is 0 Å². The number of para-hydroxylation sites is 2. The molecule has 0 aliphatic carbocycles. The average Bonchev–Trinajstić information content (AvgIpc) is 3.20. The van der Waals surface area contributed by atoms with Gasteiger partial charge in [0, 0.05) is 38.2 Å². The maximum absolute atomic E-state index is 5.34. The van der Waals surface area contributed by atoms with Gasteiger partial charge in [-0.15, -0.1) is 0 Å². The van der Waals surface area contributed by atoms with Gasteiger partial charge in [-0.3, -0.25) is 0 Å². The van der Waals surface area contributed by atoms with Gasteiger partial charge in [0.2, 0.25) is 0 Å². The van der Waals surface area contributed by atoms with Crippen LogP contribution in [-0.2, 0) is 0 Å². The molecule has 232 valence electrons. The molecule has 10 aromatic rings. The van der Waals surface area contributed by atoms with Crippen molar-refractivity contribution in [2.75, 3.05) is 0 Å². The maximum atomic E-state index is 5.34. The molecule has 3 heteroatoms. The Balaban J connectivity index is 1.25. The van der Waals surface area contributed by atoms with Gasteiger partial charge in [0.1, 0.15) is 0 Å². The molecule has 0 bridgehead atoms. The van der Waals surface area contributed by atoms with Crippen LogP contribution in [0, 0.1) is 0 Å². The number of pyridine rings is 1. The van der Waals surface area contributed by atoms with Gasteiger partial charge in [-0.05, 0) is 63.0 Å². The first-order valence-corrected chi connectivity index (χ1v) is 16.9. The second-order valence-corrected chi connectivity index (χ2v) is 12.8. The topological polar surface area (TPSA) is 38.7 Å². The van der Waals surface area contributed by atoms with Gasteiger partial charge in [0.25, 0.3) is 0 Å². The molecule has 50 heavy (non-hydrogen) atoms. The van der Waals surface area contributed by atoms with Crippen molar-refractivity contribution in [1.29, 1.82) is 0 Å². The number of hydrogen-bond donors (Lipinski definition) is 0. The summed E-state index contributed by atoms with van der Waals surface area (Å²) in [6.45, 7) is 0. The quantitative estimate of drug-likeness (QED) is 0.181. The molecule has 3 nitrogen and oxygen atoms in total. The van der Waals surface area contributed by atoms with Crippen LogP contribution < -0.4 is 0 Å². The zero-order chi connectivity index (χ0) is 33.0. The van der Waals surface area contributed by atoms with E-state index < -0.39 is 0 Å². The zero-order valence-corrected chi connectivity index (χ0v) is 27.1. The van der Waals surface area contributed by atoms with Crippen LogP contribution in [-0.4, -0.2) is 15.0 Å². The third-order valence-electron chi connectivity index (χ3n) is 9.81. The van der Waals surface area contributed by atoms with Gasteiger partial charge in [0.05, 0.1) is 22.4 Å². The van der Waals surface area contributed by atoms with E-state index in [9.17, 15) is 0 Å². The minimum absolute atomic E-state index is 0.721. The zero-order valence-electron chi connectivity index (χ0n) is 27.1. The summed E-state index contributed by atoms with van der Waals surface area (Å²) in [5.74, 6) is 0.721. The highest BCUT2D eigenvalue weighted by Gasteiger charge is 2.18. The SMILES string of the molecule is c1ccc(-c2nc(-c3cccc(-c4cc5c(-c6ccc7ccccc7c6)nc6ccccc6c5c5ccccc45)c3)c3ccccc3n2)cc1. The summed E-state index contributed by atoms with van der Waals surface area (Å²) in [5.41, 5.74) is 9.27. The second kappa shape index (κ2) is 11.5. The van der Waals surface area contributed by atoms with Gasteiger partial charge in [-0.2, -0.15) is 0 Å². The van der Waals surface area contributed by atoms with Gasteiger partial charge >= 0.3 is 0 Å². The first kappa shape index (κ1) is 28.3. The van der Waals surface area contributed by atoms with Crippen molar-refractivity contribution in [2.45, 2.75) is 0 Å². The van der Waals surface area contributed by atoms with Crippen molar-refractivity contribution >= 4 is 54.1 Å². The van der Waals surface area contributed by atoms with Crippen molar-refractivity contribution in [3.05, 3.63) is 176 Å². The monoisotopic (exact) mass is 635 g/mol. The second-order valence-electron chi connectivity index (χ2n) is 12.8. The lowest BCUT2D eigenvalue weighted by atomic mass is 9.89. The molecular weight excluding hydrogens is 607 g/mol. The lowest BCUT2D eigenvalue weighted by Crippen LogP contribution is -1.95. The van der Waals surface area contributed by atoms with Gasteiger partial charge in [-0.25, -0.2) is 15.0 Å². The molecule has 2 heterocycles. The Bertz CT molecular complexity index is 2930. The third kappa shape index (κ3) is 4.63. The lowest BCUT2D eigenvalue weighted by Gasteiger charge is -2.17. The molecule has 10 rings (SSSR count). The van der Waals surface area contributed by atoms with Crippen molar-refractivity contribution in [3.8, 4) is 45.0 Å². The van der Waals surface area contributed by atoms with Gasteiger partial charge < -0.3 is 0 Å². The van der Waals surface area contributed by atoms with Crippen LogP contribution in [0.3, 0.4) is 0 Å². The summed E-state index contributed by atoms with van der Waals surface area (Å²) in [4.78, 5) is 15.5. The fraction of sp³-hybridized carbons (Fsp3) is 0. The molecule has 0 atom stereocenters. The Morgan fingerprint density at radius 1 is 0.300 bits per heavy atom. The Hall–Kier alpha value is -6.71. The molecule has 0 aliphatic rings. The Morgan fingerprint density at radius 3 is 1.74 bits per heavy atom. The number of nitrogens with zero attached hydrogens (tertiary/aromatic N) is 3. The molecule has 0 aliphatic heterocycles. The first-order chi connectivity index (χ1) is 24.8. The van der Waals surface area contributed by atoms with Gasteiger partial charge in [0.15, 0.2) is 5.82 Å². The van der Waals surface area contributed by atoms with Crippen LogP contribution >= 0.6 is 0 Å². The average molecular weight is 636 g/mol. The number of fused-ring (bicyclic) bond motifs is 7. The summed E-state index contributed by atoms with van der Waals surface area (Å²) >= 11 is 0. The summed E-state index contributed by atoms with van der Waals surface area (Å²) in [6, 6.07) is 62.1. The molecule has 2 aromatic heterocycles. The van der Waals surface area contributed by atoms with Crippen molar-refractivity contribution < 1.29 is 0 Å². The molecule has 0 fully saturated rings. The predicted molar refractivity (Wildman–Crippen MR) is 209 cm³/mol. The van der Waals surface area contributed by atoms with Crippen LogP contribution in [0.1, 0.15) is 0 Å². The van der Waals surface area contributed by atoms with E-state index >= 15 is 0 Å². The van der Waals surface area contributed by atoms with Crippen LogP contribution in [0.4, 0.5) is 0 Å². The maximum Gasteiger partial charge on any atom is 0.160 e. The Morgan fingerprint density at radius 2 is 0.900 bits per heavy atom. The normalized spacial score (nSPS) is 11.6. The fourth-order valence-electron chi connectivity index (χ4n) is 7.46. The number of benzene rings is 8. The van der Waals surface area contributed by atoms with E-state index in [-0.39, 0.29) is 0 Å². The molecule has 0 unspecified atom stereocenters. The molecule has 0 N–H and O–H groups in total. The Labute approximate surface area is 289 Å². The summed E-state index contributed by atoms with van der Waals surface area (Å²) in [6.07, 6.45) is 0. The van der Waals surface area contributed by atoms with Crippen molar-refractivity contribution in [3.63, 3.8) is 0 Å². The van der Waals surface area contributed by atoms with E-state index in [1.165, 1.54) is 26.9 Å². The van der Waals surface area contributed by atoms with E-state index in [0.717, 1.165) is 72.2 Å². The fourth-order valence-corrected chi connectivity index (χ4v) is 7.46. The van der Waals surface area contributed by atoms with Crippen LogP contribution in [0.5, 0.6) is 0 Å². The highest BCUT2D eigenvalue weighted by molar-refractivity contribution is 6.25. The predicted octanol–water partition coefficient (Wildman–Crippen LogP) is 12.3. The molecule has 0 saturated heterocycles. The molecular formula is C47H29N3. The molecule has 0 spiro atoms. The molecule has 0 amide bonds. The van der Waals surface area contributed by atoms with Crippen molar-refractivity contribution in [1.82, 2.24) is 15.0 Å². The summed E-state index contributed by atoms with van der Waals surface area (Å²) in [5, 5.41) is 9.39. The van der Waals surface area contributed by atoms with E-state index in [1.807, 2.05) is 24.3 Å². The molecule has 8 aromatic carbocycles. The van der Waals surface area contributed by atoms with Crippen LogP contribution in [0.2, 0.25) is 0 Å². The minimum atomic E-state index is 0.721. The lowest BCUT2D eigenvalue weighted by molar-refractivity contribution is 1.23. The number of rotatable bonds is 4. The standard InChI is InChI=1S/C47H29N3/c1-2-14-31(15-3-1)47-49-43-24-11-9-22-39(43)45(50-47)34-18-12-17-33(28-34)40-29-41-44(37-20-7-6-19-36(37)40)38-21-8-10-23-42(38)48-46(41)35-26-25-30-13-4-5-16-32(30)27-35/h1-29H.